The van der Waals surface area contributed by atoms with E-state index in [1.807, 2.05) is 16.7 Å². The Morgan fingerprint density at radius 1 is 1.07 bits per heavy atom. The van der Waals surface area contributed by atoms with Crippen molar-refractivity contribution in [3.63, 3.8) is 0 Å². The molecule has 0 saturated heterocycles. The second kappa shape index (κ2) is 14.6. The van der Waals surface area contributed by atoms with Crippen LogP contribution in [0.1, 0.15) is 91.4 Å². The van der Waals surface area contributed by atoms with E-state index in [0.29, 0.717) is 18.2 Å². The summed E-state index contributed by atoms with van der Waals surface area (Å²) < 4.78 is 7.54. The van der Waals surface area contributed by atoms with E-state index in [9.17, 15) is 9.59 Å². The second-order valence-corrected chi connectivity index (χ2v) is 8.31. The minimum atomic E-state index is -0.819. The average molecular weight is 415 g/mol. The van der Waals surface area contributed by atoms with Crippen molar-refractivity contribution in [3.8, 4) is 0 Å². The average Bonchev–Trinajstić information content (AvgIpc) is 3.06. The number of esters is 1. The first kappa shape index (κ1) is 24.7. The fourth-order valence-electron chi connectivity index (χ4n) is 3.28. The van der Waals surface area contributed by atoms with Crippen molar-refractivity contribution in [2.24, 2.45) is 0 Å². The van der Waals surface area contributed by atoms with Crippen LogP contribution in [0.4, 0.5) is 0 Å². The van der Waals surface area contributed by atoms with Gasteiger partial charge in [-0.05, 0) is 24.8 Å². The van der Waals surface area contributed by atoms with E-state index in [1.54, 1.807) is 6.92 Å². The third-order valence-corrected chi connectivity index (χ3v) is 5.96. The van der Waals surface area contributed by atoms with Crippen LogP contribution in [-0.2, 0) is 14.3 Å². The Balaban J connectivity index is 2.55. The summed E-state index contributed by atoms with van der Waals surface area (Å²) in [5, 5.41) is 8.86. The zero-order chi connectivity index (χ0) is 20.8. The molecule has 1 heterocycles. The molecule has 0 aliphatic carbocycles. The maximum Gasteiger partial charge on any atom is 0.308 e. The molecular weight excluding hydrogens is 376 g/mol. The molecule has 0 amide bonds. The highest BCUT2D eigenvalue weighted by molar-refractivity contribution is 7.97. The van der Waals surface area contributed by atoms with Crippen LogP contribution < -0.4 is 0 Å². The van der Waals surface area contributed by atoms with Gasteiger partial charge in [-0.1, -0.05) is 65.7 Å². The molecule has 0 fully saturated rings. The van der Waals surface area contributed by atoms with E-state index in [2.05, 4.69) is 18.7 Å². The number of carbonyl (C=O) groups is 2. The first-order valence-corrected chi connectivity index (χ1v) is 11.8. The molecule has 0 radical (unpaired) electrons. The van der Waals surface area contributed by atoms with Gasteiger partial charge in [0.25, 0.3) is 6.35 Å². The molecule has 1 N–H and O–H groups in total. The summed E-state index contributed by atoms with van der Waals surface area (Å²) in [6.45, 7) is 6.19. The van der Waals surface area contributed by atoms with Gasteiger partial charge >= 0.3 is 11.9 Å². The lowest BCUT2D eigenvalue weighted by Crippen LogP contribution is -2.44. The Morgan fingerprint density at radius 3 is 2.36 bits per heavy atom. The Kier molecular flexibility index (Phi) is 12.9. The van der Waals surface area contributed by atoms with Crippen LogP contribution in [0.5, 0.6) is 0 Å². The van der Waals surface area contributed by atoms with Gasteiger partial charge in [-0.15, -0.1) is 0 Å². The van der Waals surface area contributed by atoms with Crippen LogP contribution in [0.15, 0.2) is 12.4 Å². The van der Waals surface area contributed by atoms with E-state index in [0.717, 1.165) is 12.8 Å². The smallest absolute Gasteiger partial charge is 0.308 e. The molecule has 1 aliphatic rings. The normalized spacial score (nSPS) is 17.2. The minimum Gasteiger partial charge on any atom is -0.481 e. The van der Waals surface area contributed by atoms with Gasteiger partial charge in [-0.2, -0.15) is 0 Å². The maximum atomic E-state index is 11.9. The third-order valence-electron chi connectivity index (χ3n) is 4.97. The molecule has 7 heteroatoms. The maximum absolute atomic E-state index is 11.9. The summed E-state index contributed by atoms with van der Waals surface area (Å²) in [7, 11) is 0. The molecular formula is C21H38N2O4S. The van der Waals surface area contributed by atoms with Crippen LogP contribution in [0.25, 0.3) is 0 Å². The lowest BCUT2D eigenvalue weighted by Gasteiger charge is -2.35. The number of nitrogens with zero attached hydrogens (tertiary/aromatic N) is 2. The SMILES string of the molecule is CCCCCCCCCC(CC)N1C=CN(SCCC(=O)O)C1OC(=O)CC. The fourth-order valence-corrected chi connectivity index (χ4v) is 4.18. The largest absolute Gasteiger partial charge is 0.481 e. The van der Waals surface area contributed by atoms with Crippen LogP contribution in [0.3, 0.4) is 0 Å². The van der Waals surface area contributed by atoms with Crippen LogP contribution in [0.2, 0.25) is 0 Å². The van der Waals surface area contributed by atoms with Gasteiger partial charge in [0.1, 0.15) is 0 Å². The number of ether oxygens (including phenoxy) is 1. The van der Waals surface area contributed by atoms with E-state index in [-0.39, 0.29) is 12.4 Å². The van der Waals surface area contributed by atoms with Crippen LogP contribution in [0, 0.1) is 0 Å². The summed E-state index contributed by atoms with van der Waals surface area (Å²) >= 11 is 1.39. The molecule has 2 atom stereocenters. The first-order valence-electron chi connectivity index (χ1n) is 10.8. The molecule has 0 bridgehead atoms. The monoisotopic (exact) mass is 414 g/mol. The highest BCUT2D eigenvalue weighted by Gasteiger charge is 2.34. The molecule has 0 aromatic heterocycles. The second-order valence-electron chi connectivity index (χ2n) is 7.22. The van der Waals surface area contributed by atoms with Gasteiger partial charge in [-0.25, -0.2) is 0 Å². The number of hydrogen-bond acceptors (Lipinski definition) is 6. The Bertz CT molecular complexity index is 487. The molecule has 0 aromatic carbocycles. The van der Waals surface area contributed by atoms with E-state index >= 15 is 0 Å². The lowest BCUT2D eigenvalue weighted by atomic mass is 10.0. The van der Waals surface area contributed by atoms with Gasteiger partial charge in [0.15, 0.2) is 0 Å². The number of rotatable bonds is 16. The number of aliphatic carboxylic acids is 1. The van der Waals surface area contributed by atoms with Gasteiger partial charge in [0.2, 0.25) is 0 Å². The molecule has 0 aromatic rings. The van der Waals surface area contributed by atoms with Crippen LogP contribution in [-0.4, -0.2) is 44.4 Å². The molecule has 0 saturated carbocycles. The van der Waals surface area contributed by atoms with Crippen molar-refractivity contribution in [1.82, 2.24) is 9.21 Å². The first-order chi connectivity index (χ1) is 13.5. The Hall–Kier alpha value is -1.37. The third kappa shape index (κ3) is 9.22. The highest BCUT2D eigenvalue weighted by atomic mass is 32.2. The van der Waals surface area contributed by atoms with E-state index in [1.165, 1.54) is 56.9 Å². The number of hydrogen-bond donors (Lipinski definition) is 1. The predicted octanol–water partition coefficient (Wildman–Crippen LogP) is 5.35. The van der Waals surface area contributed by atoms with Crippen molar-refractivity contribution < 1.29 is 19.4 Å². The zero-order valence-corrected chi connectivity index (χ0v) is 18.6. The molecule has 0 spiro atoms. The molecule has 28 heavy (non-hydrogen) atoms. The summed E-state index contributed by atoms with van der Waals surface area (Å²) in [6, 6.07) is 0.312. The van der Waals surface area contributed by atoms with Crippen molar-refractivity contribution in [2.45, 2.75) is 104 Å². The van der Waals surface area contributed by atoms with Crippen molar-refractivity contribution >= 4 is 23.9 Å². The molecule has 6 nitrogen and oxygen atoms in total. The minimum absolute atomic E-state index is 0.0820. The van der Waals surface area contributed by atoms with Crippen molar-refractivity contribution in [2.75, 3.05) is 5.75 Å². The zero-order valence-electron chi connectivity index (χ0n) is 17.8. The van der Waals surface area contributed by atoms with Gasteiger partial charge in [0.05, 0.1) is 6.42 Å². The Labute approximate surface area is 174 Å². The highest BCUT2D eigenvalue weighted by Crippen LogP contribution is 2.30. The fraction of sp³-hybridized carbons (Fsp3) is 0.810. The summed E-state index contributed by atoms with van der Waals surface area (Å²) in [5.41, 5.74) is 0. The van der Waals surface area contributed by atoms with E-state index in [4.69, 9.17) is 9.84 Å². The van der Waals surface area contributed by atoms with Crippen LogP contribution >= 0.6 is 11.9 Å². The summed E-state index contributed by atoms with van der Waals surface area (Å²) in [4.78, 5) is 24.8. The standard InChI is InChI=1S/C21H38N2O4S/c1-4-7-8-9-10-11-12-13-18(5-2)22-15-16-23(28-17-14-19(24)25)21(22)27-20(26)6-3/h15-16,18,21H,4-14,17H2,1-3H3,(H,24,25). The lowest BCUT2D eigenvalue weighted by molar-refractivity contribution is -0.164. The van der Waals surface area contributed by atoms with Gasteiger partial charge in [0, 0.05) is 30.6 Å². The molecule has 1 rings (SSSR count). The number of carbonyl (C=O) groups excluding carboxylic acids is 1. The topological polar surface area (TPSA) is 70.1 Å². The van der Waals surface area contributed by atoms with Crippen molar-refractivity contribution in [1.29, 1.82) is 0 Å². The predicted molar refractivity (Wildman–Crippen MR) is 114 cm³/mol. The van der Waals surface area contributed by atoms with Gasteiger partial charge in [-0.3, -0.25) is 13.9 Å². The number of carboxylic acids is 1. The quantitative estimate of drug-likeness (QED) is 0.207. The summed E-state index contributed by atoms with van der Waals surface area (Å²) in [5.74, 6) is -0.615. The molecule has 2 unspecified atom stereocenters. The molecule has 1 aliphatic heterocycles. The number of unbranched alkanes of at least 4 members (excludes halogenated alkanes) is 6. The Morgan fingerprint density at radius 2 is 1.75 bits per heavy atom. The van der Waals surface area contributed by atoms with E-state index < -0.39 is 12.3 Å². The number of carboxylic acid groups (broad SMARTS) is 1. The van der Waals surface area contributed by atoms with Gasteiger partial charge < -0.3 is 14.7 Å². The molecule has 162 valence electrons. The van der Waals surface area contributed by atoms with Crippen molar-refractivity contribution in [3.05, 3.63) is 12.4 Å². The summed E-state index contributed by atoms with van der Waals surface area (Å²) in [6.07, 6.45) is 14.8.